The molecule has 1 aromatic heterocycles. The van der Waals surface area contributed by atoms with Crippen molar-refractivity contribution in [3.8, 4) is 72.4 Å². The van der Waals surface area contributed by atoms with Crippen molar-refractivity contribution < 1.29 is 0 Å². The number of fused-ring (bicyclic) bond motifs is 3. The molecule has 68 heavy (non-hydrogen) atoms. The maximum absolute atomic E-state index is 2.41. The molecule has 12 aromatic rings. The SMILES string of the molecule is c1ccc(-c2cc(-c3ccccc3)cc(-c3ccc(N(c4ccc(-c5ccc(-c6ccccc6-n6c7ccccc7c7ccccc76)cc5)cc4)c4cccc(-c5ccccc5)c4)cc3)c2)cc1. The zero-order valence-corrected chi connectivity index (χ0v) is 37.5. The zero-order chi connectivity index (χ0) is 45.2. The van der Waals surface area contributed by atoms with Gasteiger partial charge in [-0.2, -0.15) is 0 Å². The van der Waals surface area contributed by atoms with Crippen LogP contribution < -0.4 is 4.90 Å². The summed E-state index contributed by atoms with van der Waals surface area (Å²) in [5, 5.41) is 2.53. The highest BCUT2D eigenvalue weighted by molar-refractivity contribution is 6.09. The number of benzene rings is 11. The van der Waals surface area contributed by atoms with E-state index >= 15 is 0 Å². The van der Waals surface area contributed by atoms with Gasteiger partial charge in [-0.15, -0.1) is 0 Å². The van der Waals surface area contributed by atoms with Crippen molar-refractivity contribution in [3.05, 3.63) is 279 Å². The quantitative estimate of drug-likeness (QED) is 0.133. The molecule has 0 spiro atoms. The molecule has 0 aliphatic heterocycles. The number of para-hydroxylation sites is 3. The molecule has 12 rings (SSSR count). The molecule has 0 aliphatic carbocycles. The van der Waals surface area contributed by atoms with Gasteiger partial charge in [0.15, 0.2) is 0 Å². The third-order valence-corrected chi connectivity index (χ3v) is 13.2. The molecule has 0 amide bonds. The second-order valence-electron chi connectivity index (χ2n) is 17.3. The van der Waals surface area contributed by atoms with Crippen molar-refractivity contribution in [2.45, 2.75) is 0 Å². The van der Waals surface area contributed by atoms with Crippen LogP contribution in [0.25, 0.3) is 94.3 Å². The van der Waals surface area contributed by atoms with E-state index in [1.165, 1.54) is 83.1 Å². The van der Waals surface area contributed by atoms with E-state index in [2.05, 4.69) is 289 Å². The van der Waals surface area contributed by atoms with Crippen LogP contribution in [0.3, 0.4) is 0 Å². The Labute approximate surface area is 397 Å². The fraction of sp³-hybridized carbons (Fsp3) is 0. The third kappa shape index (κ3) is 7.74. The van der Waals surface area contributed by atoms with Crippen LogP contribution in [-0.2, 0) is 0 Å². The summed E-state index contributed by atoms with van der Waals surface area (Å²) >= 11 is 0. The molecule has 11 aromatic carbocycles. The Hall–Kier alpha value is -8.98. The van der Waals surface area contributed by atoms with E-state index in [1.807, 2.05) is 0 Å². The Morgan fingerprint density at radius 3 is 1.10 bits per heavy atom. The minimum absolute atomic E-state index is 1.08. The molecule has 0 N–H and O–H groups in total. The summed E-state index contributed by atoms with van der Waals surface area (Å²) in [6, 6.07) is 101. The van der Waals surface area contributed by atoms with Gasteiger partial charge in [0.1, 0.15) is 0 Å². The minimum Gasteiger partial charge on any atom is -0.310 e. The predicted octanol–water partition coefficient (Wildman–Crippen LogP) is 18.3. The molecule has 0 saturated heterocycles. The lowest BCUT2D eigenvalue weighted by Crippen LogP contribution is -2.10. The Kier molecular flexibility index (Phi) is 10.6. The van der Waals surface area contributed by atoms with Gasteiger partial charge < -0.3 is 9.47 Å². The summed E-state index contributed by atoms with van der Waals surface area (Å²) in [4.78, 5) is 2.37. The van der Waals surface area contributed by atoms with Gasteiger partial charge in [-0.1, -0.05) is 206 Å². The number of aromatic nitrogens is 1. The highest BCUT2D eigenvalue weighted by Crippen LogP contribution is 2.41. The van der Waals surface area contributed by atoms with E-state index in [1.54, 1.807) is 0 Å². The van der Waals surface area contributed by atoms with Crippen LogP contribution in [0.1, 0.15) is 0 Å². The van der Waals surface area contributed by atoms with E-state index in [4.69, 9.17) is 0 Å². The number of hydrogen-bond acceptors (Lipinski definition) is 1. The predicted molar refractivity (Wildman–Crippen MR) is 288 cm³/mol. The van der Waals surface area contributed by atoms with Gasteiger partial charge >= 0.3 is 0 Å². The summed E-state index contributed by atoms with van der Waals surface area (Å²) < 4.78 is 2.41. The molecule has 2 heteroatoms. The fourth-order valence-corrected chi connectivity index (χ4v) is 9.83. The molecule has 0 aliphatic rings. The van der Waals surface area contributed by atoms with Crippen molar-refractivity contribution in [1.29, 1.82) is 0 Å². The first-order chi connectivity index (χ1) is 33.7. The number of nitrogens with zero attached hydrogens (tertiary/aromatic N) is 2. The monoisotopic (exact) mass is 866 g/mol. The van der Waals surface area contributed by atoms with Crippen LogP contribution in [0.2, 0.25) is 0 Å². The van der Waals surface area contributed by atoms with Crippen molar-refractivity contribution in [3.63, 3.8) is 0 Å². The molecule has 2 nitrogen and oxygen atoms in total. The normalized spacial score (nSPS) is 11.2. The van der Waals surface area contributed by atoms with E-state index in [0.29, 0.717) is 0 Å². The van der Waals surface area contributed by atoms with Crippen molar-refractivity contribution in [2.24, 2.45) is 0 Å². The lowest BCUT2D eigenvalue weighted by Gasteiger charge is -2.26. The molecule has 0 atom stereocenters. The Balaban J connectivity index is 0.892. The smallest absolute Gasteiger partial charge is 0.0541 e. The number of hydrogen-bond donors (Lipinski definition) is 0. The van der Waals surface area contributed by atoms with Crippen LogP contribution in [0.4, 0.5) is 17.1 Å². The second kappa shape index (κ2) is 17.8. The van der Waals surface area contributed by atoms with Gasteiger partial charge in [-0.3, -0.25) is 0 Å². The average Bonchev–Trinajstić information content (AvgIpc) is 3.76. The van der Waals surface area contributed by atoms with E-state index in [9.17, 15) is 0 Å². The summed E-state index contributed by atoms with van der Waals surface area (Å²) in [6.07, 6.45) is 0. The topological polar surface area (TPSA) is 8.17 Å². The zero-order valence-electron chi connectivity index (χ0n) is 37.5. The van der Waals surface area contributed by atoms with Gasteiger partial charge in [-0.25, -0.2) is 0 Å². The Bertz CT molecular complexity index is 3570. The molecular formula is C66H46N2. The molecular weight excluding hydrogens is 821 g/mol. The van der Waals surface area contributed by atoms with Crippen molar-refractivity contribution in [2.75, 3.05) is 4.90 Å². The standard InChI is InChI=1S/C66H46N2/c1-4-17-47(18-5-1)54-23-16-24-60(46-54)67(59-41-37-52(38-42-59)57-44-55(48-19-6-2-7-20-48)43-56(45-57)49-21-8-3-9-22-49)58-39-35-51(36-40-58)50-31-33-53(34-32-50)61-25-10-13-28-64(61)68-65-29-14-11-26-62(65)63-27-12-15-30-66(63)68/h1-46H. The molecule has 0 radical (unpaired) electrons. The third-order valence-electron chi connectivity index (χ3n) is 13.2. The van der Waals surface area contributed by atoms with Crippen LogP contribution in [0, 0.1) is 0 Å². The molecule has 320 valence electrons. The summed E-state index contributed by atoms with van der Waals surface area (Å²) in [5.74, 6) is 0. The van der Waals surface area contributed by atoms with E-state index in [-0.39, 0.29) is 0 Å². The van der Waals surface area contributed by atoms with Crippen LogP contribution in [0.15, 0.2) is 279 Å². The van der Waals surface area contributed by atoms with Crippen LogP contribution in [-0.4, -0.2) is 4.57 Å². The molecule has 0 bridgehead atoms. The maximum atomic E-state index is 2.41. The number of anilines is 3. The van der Waals surface area contributed by atoms with Crippen molar-refractivity contribution in [1.82, 2.24) is 4.57 Å². The van der Waals surface area contributed by atoms with Gasteiger partial charge in [0.05, 0.1) is 16.7 Å². The van der Waals surface area contributed by atoms with E-state index < -0.39 is 0 Å². The molecule has 0 fully saturated rings. The van der Waals surface area contributed by atoms with Crippen LogP contribution >= 0.6 is 0 Å². The largest absolute Gasteiger partial charge is 0.310 e. The van der Waals surface area contributed by atoms with Crippen molar-refractivity contribution >= 4 is 38.9 Å². The minimum atomic E-state index is 1.08. The second-order valence-corrected chi connectivity index (χ2v) is 17.3. The lowest BCUT2D eigenvalue weighted by atomic mass is 9.93. The molecule has 0 saturated carbocycles. The highest BCUT2D eigenvalue weighted by atomic mass is 15.1. The maximum Gasteiger partial charge on any atom is 0.0541 e. The molecule has 0 unspecified atom stereocenters. The van der Waals surface area contributed by atoms with Crippen LogP contribution in [0.5, 0.6) is 0 Å². The van der Waals surface area contributed by atoms with E-state index in [0.717, 1.165) is 28.2 Å². The molecule has 1 heterocycles. The van der Waals surface area contributed by atoms with Gasteiger partial charge in [-0.05, 0) is 134 Å². The average molecular weight is 867 g/mol. The lowest BCUT2D eigenvalue weighted by molar-refractivity contribution is 1.18. The Morgan fingerprint density at radius 1 is 0.221 bits per heavy atom. The first-order valence-electron chi connectivity index (χ1n) is 23.3. The first-order valence-corrected chi connectivity index (χ1v) is 23.3. The summed E-state index contributed by atoms with van der Waals surface area (Å²) in [6.45, 7) is 0. The number of rotatable bonds is 10. The van der Waals surface area contributed by atoms with Gasteiger partial charge in [0, 0.05) is 33.4 Å². The van der Waals surface area contributed by atoms with Gasteiger partial charge in [0.2, 0.25) is 0 Å². The van der Waals surface area contributed by atoms with Gasteiger partial charge in [0.25, 0.3) is 0 Å². The highest BCUT2D eigenvalue weighted by Gasteiger charge is 2.17. The summed E-state index contributed by atoms with van der Waals surface area (Å²) in [7, 11) is 0. The Morgan fingerprint density at radius 2 is 0.588 bits per heavy atom. The first kappa shape index (κ1) is 40.5. The summed E-state index contributed by atoms with van der Waals surface area (Å²) in [5.41, 5.74) is 21.1. The fourth-order valence-electron chi connectivity index (χ4n) is 9.83.